The van der Waals surface area contributed by atoms with Crippen molar-refractivity contribution in [2.45, 2.75) is 20.0 Å². The minimum absolute atomic E-state index is 0.0947. The van der Waals surface area contributed by atoms with Crippen LogP contribution in [0.4, 0.5) is 8.78 Å². The fraction of sp³-hybridized carbons (Fsp3) is 0.250. The van der Waals surface area contributed by atoms with Gasteiger partial charge in [0.2, 0.25) is 0 Å². The lowest BCUT2D eigenvalue weighted by molar-refractivity contribution is 0.200. The second-order valence-corrected chi connectivity index (χ2v) is 3.81. The lowest BCUT2D eigenvalue weighted by Crippen LogP contribution is -1.98. The van der Waals surface area contributed by atoms with Gasteiger partial charge in [-0.25, -0.2) is 8.78 Å². The Kier molecular flexibility index (Phi) is 2.59. The van der Waals surface area contributed by atoms with Gasteiger partial charge in [-0.15, -0.1) is 0 Å². The number of benzene rings is 1. The Morgan fingerprint density at radius 2 is 1.94 bits per heavy atom. The van der Waals surface area contributed by atoms with Crippen LogP contribution in [0, 0.1) is 18.6 Å². The molecule has 0 radical (unpaired) electrons. The molecule has 0 saturated heterocycles. The van der Waals surface area contributed by atoms with E-state index in [0.717, 1.165) is 6.07 Å². The van der Waals surface area contributed by atoms with E-state index < -0.39 is 17.7 Å². The smallest absolute Gasteiger partial charge is 0.152 e. The van der Waals surface area contributed by atoms with E-state index in [0.29, 0.717) is 16.6 Å². The molecule has 1 atom stereocenters. The lowest BCUT2D eigenvalue weighted by atomic mass is 10.0. The highest BCUT2D eigenvalue weighted by atomic mass is 19.1. The molecule has 2 rings (SSSR count). The van der Waals surface area contributed by atoms with Gasteiger partial charge in [-0.1, -0.05) is 0 Å². The van der Waals surface area contributed by atoms with E-state index in [9.17, 15) is 13.9 Å². The zero-order valence-corrected chi connectivity index (χ0v) is 8.96. The van der Waals surface area contributed by atoms with Crippen LogP contribution in [0.3, 0.4) is 0 Å². The minimum atomic E-state index is -0.787. The number of rotatable bonds is 1. The first-order valence-electron chi connectivity index (χ1n) is 4.93. The van der Waals surface area contributed by atoms with Gasteiger partial charge in [0.1, 0.15) is 11.3 Å². The van der Waals surface area contributed by atoms with Crippen molar-refractivity contribution in [1.29, 1.82) is 0 Å². The second-order valence-electron chi connectivity index (χ2n) is 3.81. The number of fused-ring (bicyclic) bond motifs is 1. The van der Waals surface area contributed by atoms with E-state index in [1.807, 2.05) is 0 Å². The van der Waals surface area contributed by atoms with Crippen LogP contribution in [-0.2, 0) is 0 Å². The molecular weight excluding hydrogens is 212 g/mol. The summed E-state index contributed by atoms with van der Waals surface area (Å²) in [5.74, 6) is -1.38. The van der Waals surface area contributed by atoms with E-state index >= 15 is 0 Å². The highest BCUT2D eigenvalue weighted by molar-refractivity contribution is 5.83. The number of aromatic nitrogens is 1. The number of halogens is 2. The van der Waals surface area contributed by atoms with Gasteiger partial charge < -0.3 is 5.11 Å². The third-order valence-corrected chi connectivity index (χ3v) is 2.44. The number of aliphatic hydroxyl groups is 1. The molecule has 0 bridgehead atoms. The van der Waals surface area contributed by atoms with Gasteiger partial charge in [0.05, 0.1) is 6.10 Å². The summed E-state index contributed by atoms with van der Waals surface area (Å²) in [7, 11) is 0. The predicted molar refractivity (Wildman–Crippen MR) is 57.0 cm³/mol. The maximum Gasteiger partial charge on any atom is 0.152 e. The third-order valence-electron chi connectivity index (χ3n) is 2.44. The molecule has 0 saturated carbocycles. The fourth-order valence-electron chi connectivity index (χ4n) is 1.76. The summed E-state index contributed by atoms with van der Waals surface area (Å²) in [6.45, 7) is 3.26. The highest BCUT2D eigenvalue weighted by Crippen LogP contribution is 2.26. The zero-order chi connectivity index (χ0) is 11.9. The normalized spacial score (nSPS) is 13.1. The summed E-state index contributed by atoms with van der Waals surface area (Å²) >= 11 is 0. The lowest BCUT2D eigenvalue weighted by Gasteiger charge is -2.10. The van der Waals surface area contributed by atoms with Crippen LogP contribution in [0.1, 0.15) is 24.3 Å². The Bertz CT molecular complexity index is 552. The van der Waals surface area contributed by atoms with Crippen LogP contribution >= 0.6 is 0 Å². The summed E-state index contributed by atoms with van der Waals surface area (Å²) in [4.78, 5) is 4.01. The Balaban J connectivity index is 2.89. The highest BCUT2D eigenvalue weighted by Gasteiger charge is 2.13. The first kappa shape index (κ1) is 11.0. The quantitative estimate of drug-likeness (QED) is 0.806. The van der Waals surface area contributed by atoms with Crippen molar-refractivity contribution >= 4 is 10.9 Å². The molecule has 1 aromatic heterocycles. The molecule has 0 fully saturated rings. The van der Waals surface area contributed by atoms with Gasteiger partial charge in [-0.3, -0.25) is 4.98 Å². The Labute approximate surface area is 91.6 Å². The summed E-state index contributed by atoms with van der Waals surface area (Å²) in [5.41, 5.74) is 1.17. The maximum atomic E-state index is 13.5. The monoisotopic (exact) mass is 223 g/mol. The Morgan fingerprint density at radius 3 is 2.56 bits per heavy atom. The molecule has 84 valence electrons. The molecule has 0 aliphatic heterocycles. The van der Waals surface area contributed by atoms with Crippen LogP contribution in [0.2, 0.25) is 0 Å². The molecule has 0 amide bonds. The average molecular weight is 223 g/mol. The summed E-state index contributed by atoms with van der Waals surface area (Å²) < 4.78 is 26.6. The SMILES string of the molecule is Cc1cc(C(C)O)c2cc(F)cc(F)c2n1. The second kappa shape index (κ2) is 3.79. The van der Waals surface area contributed by atoms with Gasteiger partial charge in [-0.2, -0.15) is 0 Å². The molecule has 1 unspecified atom stereocenters. The molecule has 1 aromatic carbocycles. The first-order valence-corrected chi connectivity index (χ1v) is 4.93. The van der Waals surface area contributed by atoms with Crippen LogP contribution in [0.15, 0.2) is 18.2 Å². The van der Waals surface area contributed by atoms with Crippen molar-refractivity contribution < 1.29 is 13.9 Å². The summed E-state index contributed by atoms with van der Waals surface area (Å²) in [6, 6.07) is 3.61. The summed E-state index contributed by atoms with van der Waals surface area (Å²) in [6.07, 6.45) is -0.787. The maximum absolute atomic E-state index is 13.5. The molecule has 4 heteroatoms. The van der Waals surface area contributed by atoms with E-state index in [4.69, 9.17) is 0 Å². The molecule has 2 aromatic rings. The predicted octanol–water partition coefficient (Wildman–Crippen LogP) is 2.87. The topological polar surface area (TPSA) is 33.1 Å². The molecule has 0 aliphatic rings. The average Bonchev–Trinajstić information content (AvgIpc) is 2.18. The number of aliphatic hydroxyl groups excluding tert-OH is 1. The largest absolute Gasteiger partial charge is 0.389 e. The van der Waals surface area contributed by atoms with Crippen molar-refractivity contribution in [3.63, 3.8) is 0 Å². The summed E-state index contributed by atoms with van der Waals surface area (Å²) in [5, 5.41) is 9.87. The standard InChI is InChI=1S/C12H11F2NO/c1-6-3-9(7(2)16)10-4-8(13)5-11(14)12(10)15-6/h3-5,7,16H,1-2H3. The van der Waals surface area contributed by atoms with Gasteiger partial charge in [0.15, 0.2) is 5.82 Å². The van der Waals surface area contributed by atoms with Gasteiger partial charge >= 0.3 is 0 Å². The first-order chi connectivity index (χ1) is 7.49. The Morgan fingerprint density at radius 1 is 1.25 bits per heavy atom. The van der Waals surface area contributed by atoms with Crippen LogP contribution in [0.25, 0.3) is 10.9 Å². The number of nitrogens with zero attached hydrogens (tertiary/aromatic N) is 1. The van der Waals surface area contributed by atoms with E-state index in [2.05, 4.69) is 4.98 Å². The minimum Gasteiger partial charge on any atom is -0.389 e. The van der Waals surface area contributed by atoms with E-state index in [1.54, 1.807) is 19.9 Å². The van der Waals surface area contributed by atoms with Gasteiger partial charge in [0.25, 0.3) is 0 Å². The van der Waals surface area contributed by atoms with Crippen LogP contribution in [-0.4, -0.2) is 10.1 Å². The molecule has 0 aliphatic carbocycles. The van der Waals surface area contributed by atoms with Crippen molar-refractivity contribution in [2.75, 3.05) is 0 Å². The number of pyridine rings is 1. The van der Waals surface area contributed by atoms with E-state index in [-0.39, 0.29) is 5.52 Å². The van der Waals surface area contributed by atoms with Gasteiger partial charge in [0, 0.05) is 17.1 Å². The zero-order valence-electron chi connectivity index (χ0n) is 8.96. The molecule has 1 heterocycles. The third kappa shape index (κ3) is 1.76. The van der Waals surface area contributed by atoms with Crippen molar-refractivity contribution in [1.82, 2.24) is 4.98 Å². The molecule has 1 N–H and O–H groups in total. The number of aryl methyl sites for hydroxylation is 1. The molecule has 0 spiro atoms. The van der Waals surface area contributed by atoms with Crippen LogP contribution < -0.4 is 0 Å². The number of hydrogen-bond donors (Lipinski definition) is 1. The van der Waals surface area contributed by atoms with Crippen molar-refractivity contribution in [3.8, 4) is 0 Å². The number of hydrogen-bond acceptors (Lipinski definition) is 2. The Hall–Kier alpha value is -1.55. The molecule has 2 nitrogen and oxygen atoms in total. The molecular formula is C12H11F2NO. The van der Waals surface area contributed by atoms with E-state index in [1.165, 1.54) is 6.07 Å². The van der Waals surface area contributed by atoms with Crippen molar-refractivity contribution in [2.24, 2.45) is 0 Å². The van der Waals surface area contributed by atoms with Crippen molar-refractivity contribution in [3.05, 3.63) is 41.1 Å². The van der Waals surface area contributed by atoms with Crippen LogP contribution in [0.5, 0.6) is 0 Å². The van der Waals surface area contributed by atoms with Gasteiger partial charge in [-0.05, 0) is 31.5 Å². The fourth-order valence-corrected chi connectivity index (χ4v) is 1.76. The molecule has 16 heavy (non-hydrogen) atoms.